The van der Waals surface area contributed by atoms with Gasteiger partial charge in [-0.2, -0.15) is 0 Å². The maximum absolute atomic E-state index is 12.6. The van der Waals surface area contributed by atoms with Gasteiger partial charge in [0.2, 0.25) is 11.8 Å². The number of hydrogen-bond donors (Lipinski definition) is 2. The first kappa shape index (κ1) is 24.1. The van der Waals surface area contributed by atoms with Gasteiger partial charge in [0.15, 0.2) is 0 Å². The van der Waals surface area contributed by atoms with Crippen molar-refractivity contribution in [3.05, 3.63) is 39.9 Å². The number of halogens is 2. The third-order valence-electron chi connectivity index (χ3n) is 5.97. The van der Waals surface area contributed by atoms with Crippen molar-refractivity contribution in [2.24, 2.45) is 0 Å². The molecule has 1 saturated heterocycles. The van der Waals surface area contributed by atoms with Gasteiger partial charge in [0.25, 0.3) is 0 Å². The predicted octanol–water partition coefficient (Wildman–Crippen LogP) is 3.35. The Bertz CT molecular complexity index is 809. The van der Waals surface area contributed by atoms with Crippen LogP contribution in [0.25, 0.3) is 6.08 Å². The second kappa shape index (κ2) is 11.3. The highest BCUT2D eigenvalue weighted by atomic mass is 35.5. The largest absolute Gasteiger partial charge is 0.393 e. The second-order valence-electron chi connectivity index (χ2n) is 8.50. The quantitative estimate of drug-likeness (QED) is 0.629. The molecule has 0 radical (unpaired) electrons. The monoisotopic (exact) mass is 467 g/mol. The number of carbonyl (C=O) groups is 2. The minimum atomic E-state index is -0.171. The molecule has 0 bridgehead atoms. The molecule has 2 amide bonds. The van der Waals surface area contributed by atoms with E-state index in [4.69, 9.17) is 23.2 Å². The number of nitrogens with zero attached hydrogens (tertiary/aromatic N) is 2. The Kier molecular flexibility index (Phi) is 8.78. The number of hydrogen-bond acceptors (Lipinski definition) is 4. The first-order chi connectivity index (χ1) is 14.8. The summed E-state index contributed by atoms with van der Waals surface area (Å²) in [6, 6.07) is 5.77. The molecule has 6 nitrogen and oxygen atoms in total. The van der Waals surface area contributed by atoms with Gasteiger partial charge in [-0.25, -0.2) is 0 Å². The highest BCUT2D eigenvalue weighted by Gasteiger charge is 2.26. The van der Waals surface area contributed by atoms with Gasteiger partial charge >= 0.3 is 0 Å². The summed E-state index contributed by atoms with van der Waals surface area (Å²) in [5.41, 5.74) is 0.797. The zero-order valence-electron chi connectivity index (χ0n) is 17.9. The van der Waals surface area contributed by atoms with E-state index in [-0.39, 0.29) is 24.0 Å². The molecule has 170 valence electrons. The van der Waals surface area contributed by atoms with Crippen molar-refractivity contribution in [3.8, 4) is 0 Å². The fourth-order valence-electron chi connectivity index (χ4n) is 4.20. The van der Waals surface area contributed by atoms with Crippen molar-refractivity contribution in [3.63, 3.8) is 0 Å². The Labute approximate surface area is 194 Å². The van der Waals surface area contributed by atoms with Crippen LogP contribution in [0, 0.1) is 0 Å². The van der Waals surface area contributed by atoms with Gasteiger partial charge in [-0.15, -0.1) is 0 Å². The van der Waals surface area contributed by atoms with Crippen LogP contribution in [0.4, 0.5) is 0 Å². The van der Waals surface area contributed by atoms with Crippen molar-refractivity contribution < 1.29 is 14.7 Å². The lowest BCUT2D eigenvalue weighted by molar-refractivity contribution is -0.130. The molecule has 8 heteroatoms. The molecule has 2 N–H and O–H groups in total. The van der Waals surface area contributed by atoms with Gasteiger partial charge in [0.05, 0.1) is 16.1 Å². The molecule has 0 aromatic heterocycles. The Morgan fingerprint density at radius 2 is 1.94 bits per heavy atom. The number of benzene rings is 1. The molecule has 31 heavy (non-hydrogen) atoms. The van der Waals surface area contributed by atoms with Gasteiger partial charge in [-0.1, -0.05) is 29.3 Å². The third-order valence-corrected chi connectivity index (χ3v) is 6.71. The smallest absolute Gasteiger partial charge is 0.246 e. The topological polar surface area (TPSA) is 72.9 Å². The molecular formula is C23H31Cl2N3O3. The van der Waals surface area contributed by atoms with Gasteiger partial charge in [0.1, 0.15) is 0 Å². The fraction of sp³-hybridized carbons (Fsp3) is 0.565. The Morgan fingerprint density at radius 3 is 2.65 bits per heavy atom. The molecule has 1 aliphatic heterocycles. The van der Waals surface area contributed by atoms with E-state index in [1.807, 2.05) is 4.90 Å². The number of aliphatic hydroxyl groups excluding tert-OH is 1. The summed E-state index contributed by atoms with van der Waals surface area (Å²) in [5.74, 6) is -0.0378. The van der Waals surface area contributed by atoms with Crippen LogP contribution in [-0.4, -0.2) is 71.1 Å². The third kappa shape index (κ3) is 7.21. The summed E-state index contributed by atoms with van der Waals surface area (Å²) in [4.78, 5) is 28.8. The second-order valence-corrected chi connectivity index (χ2v) is 9.31. The van der Waals surface area contributed by atoms with E-state index in [0.717, 1.165) is 31.2 Å². The summed E-state index contributed by atoms with van der Waals surface area (Å²) < 4.78 is 0. The van der Waals surface area contributed by atoms with Crippen molar-refractivity contribution in [2.45, 2.75) is 57.2 Å². The molecule has 3 rings (SSSR count). The molecule has 1 aromatic rings. The number of aliphatic hydroxyl groups is 1. The Balaban J connectivity index is 1.49. The molecule has 2 aliphatic rings. The zero-order chi connectivity index (χ0) is 22.4. The molecule has 1 unspecified atom stereocenters. The van der Waals surface area contributed by atoms with Crippen LogP contribution in [-0.2, 0) is 9.59 Å². The van der Waals surface area contributed by atoms with Crippen LogP contribution in [0.1, 0.15) is 44.6 Å². The first-order valence-electron chi connectivity index (χ1n) is 11.0. The average Bonchev–Trinajstić information content (AvgIpc) is 2.92. The van der Waals surface area contributed by atoms with Crippen molar-refractivity contribution in [1.82, 2.24) is 15.1 Å². The van der Waals surface area contributed by atoms with Crippen molar-refractivity contribution in [2.75, 3.05) is 26.2 Å². The van der Waals surface area contributed by atoms with Gasteiger partial charge in [-0.05, 0) is 56.4 Å². The van der Waals surface area contributed by atoms with E-state index in [1.54, 1.807) is 29.2 Å². The van der Waals surface area contributed by atoms with E-state index in [9.17, 15) is 14.7 Å². The number of nitrogens with one attached hydrogen (secondary N) is 1. The van der Waals surface area contributed by atoms with Crippen LogP contribution in [0.15, 0.2) is 24.3 Å². The Hall–Kier alpha value is -1.60. The standard InChI is InChI=1S/C23H31Cl2N3O3/c1-16(26-18-4-6-19(29)7-5-18)15-28-13-12-27(11-10-23(28)31)22(30)9-3-17-2-8-20(24)21(25)14-17/h2-3,8-9,14,16,18-19,26,29H,4-7,10-13,15H2,1H3/b9-3+/t16?,18-,19-. The highest BCUT2D eigenvalue weighted by Crippen LogP contribution is 2.23. The number of carbonyl (C=O) groups excluding carboxylic acids is 2. The molecule has 1 saturated carbocycles. The molecule has 1 heterocycles. The lowest BCUT2D eigenvalue weighted by Gasteiger charge is -2.31. The van der Waals surface area contributed by atoms with Crippen LogP contribution in [0.2, 0.25) is 10.0 Å². The molecular weight excluding hydrogens is 437 g/mol. The first-order valence-corrected chi connectivity index (χ1v) is 11.7. The maximum atomic E-state index is 12.6. The van der Waals surface area contributed by atoms with Gasteiger partial charge < -0.3 is 20.2 Å². The van der Waals surface area contributed by atoms with Gasteiger partial charge in [0, 0.05) is 50.8 Å². The predicted molar refractivity (Wildman–Crippen MR) is 124 cm³/mol. The summed E-state index contributed by atoms with van der Waals surface area (Å²) in [6.07, 6.45) is 6.98. The minimum Gasteiger partial charge on any atom is -0.393 e. The maximum Gasteiger partial charge on any atom is 0.246 e. The fourth-order valence-corrected chi connectivity index (χ4v) is 4.50. The zero-order valence-corrected chi connectivity index (χ0v) is 19.4. The summed E-state index contributed by atoms with van der Waals surface area (Å²) in [7, 11) is 0. The number of amides is 2. The Morgan fingerprint density at radius 1 is 1.19 bits per heavy atom. The van der Waals surface area contributed by atoms with Crippen molar-refractivity contribution >= 4 is 41.1 Å². The van der Waals surface area contributed by atoms with Crippen LogP contribution >= 0.6 is 23.2 Å². The van der Waals surface area contributed by atoms with E-state index in [2.05, 4.69) is 12.2 Å². The van der Waals surface area contributed by atoms with E-state index < -0.39 is 0 Å². The lowest BCUT2D eigenvalue weighted by atomic mass is 9.92. The molecule has 1 aliphatic carbocycles. The van der Waals surface area contributed by atoms with E-state index in [1.165, 1.54) is 6.08 Å². The van der Waals surface area contributed by atoms with Crippen LogP contribution in [0.3, 0.4) is 0 Å². The van der Waals surface area contributed by atoms with E-state index >= 15 is 0 Å². The molecule has 1 aromatic carbocycles. The number of rotatable bonds is 6. The molecule has 1 atom stereocenters. The summed E-state index contributed by atoms with van der Waals surface area (Å²) in [5, 5.41) is 14.2. The molecule has 2 fully saturated rings. The SMILES string of the molecule is CC(CN1CCN(C(=O)/C=C/c2ccc(Cl)c(Cl)c2)CCC1=O)N[C@H]1CC[C@H](O)CC1. The van der Waals surface area contributed by atoms with Crippen LogP contribution < -0.4 is 5.32 Å². The normalized spacial score (nSPS) is 23.8. The molecule has 0 spiro atoms. The van der Waals surface area contributed by atoms with Crippen LogP contribution in [0.5, 0.6) is 0 Å². The lowest BCUT2D eigenvalue weighted by Crippen LogP contribution is -2.47. The summed E-state index contributed by atoms with van der Waals surface area (Å²) >= 11 is 11.9. The van der Waals surface area contributed by atoms with E-state index in [0.29, 0.717) is 48.7 Å². The minimum absolute atomic E-state index is 0.0801. The average molecular weight is 468 g/mol. The summed E-state index contributed by atoms with van der Waals surface area (Å²) in [6.45, 7) is 4.17. The van der Waals surface area contributed by atoms with Gasteiger partial charge in [-0.3, -0.25) is 9.59 Å². The highest BCUT2D eigenvalue weighted by molar-refractivity contribution is 6.42. The van der Waals surface area contributed by atoms with Crippen molar-refractivity contribution in [1.29, 1.82) is 0 Å².